The van der Waals surface area contributed by atoms with Crippen LogP contribution in [0, 0.1) is 11.7 Å². The monoisotopic (exact) mass is 399 g/mol. The molecule has 1 aliphatic heterocycles. The number of anilines is 1. The first-order valence-corrected chi connectivity index (χ1v) is 10.3. The van der Waals surface area contributed by atoms with E-state index in [1.165, 1.54) is 17.4 Å². The molecule has 1 amide bonds. The first-order chi connectivity index (χ1) is 13.7. The van der Waals surface area contributed by atoms with Gasteiger partial charge in [0.1, 0.15) is 23.7 Å². The average Bonchev–Trinajstić information content (AvgIpc) is 3.18. The molecule has 1 aromatic heterocycles. The van der Waals surface area contributed by atoms with Crippen molar-refractivity contribution in [2.45, 2.75) is 12.8 Å². The van der Waals surface area contributed by atoms with Crippen molar-refractivity contribution >= 4 is 32.6 Å². The topological polar surface area (TPSA) is 54.5 Å². The lowest BCUT2D eigenvalue weighted by Crippen LogP contribution is -2.43. The van der Waals surface area contributed by atoms with E-state index >= 15 is 0 Å². The largest absolute Gasteiger partial charge is 0.492 e. The van der Waals surface area contributed by atoms with Crippen LogP contribution >= 0.6 is 11.3 Å². The summed E-state index contributed by atoms with van der Waals surface area (Å²) in [6.07, 6.45) is 1.76. The zero-order chi connectivity index (χ0) is 19.3. The Morgan fingerprint density at radius 2 is 2.11 bits per heavy atom. The summed E-state index contributed by atoms with van der Waals surface area (Å²) in [5.74, 6) is 0.435. The SMILES string of the molecule is O=C(NCCOc1ccccc1)C1CCCN(c2nc3c(F)cccc3s2)C1. The van der Waals surface area contributed by atoms with Gasteiger partial charge in [0.15, 0.2) is 5.13 Å². The van der Waals surface area contributed by atoms with Crippen LogP contribution in [0.15, 0.2) is 48.5 Å². The Kier molecular flexibility index (Phi) is 5.71. The molecule has 1 N–H and O–H groups in total. The standard InChI is InChI=1S/C21H22FN3O2S/c22-17-9-4-10-18-19(17)24-21(28-18)25-12-5-6-15(14-25)20(26)23-11-13-27-16-7-2-1-3-8-16/h1-4,7-10,15H,5-6,11-14H2,(H,23,26). The molecule has 0 saturated carbocycles. The second kappa shape index (κ2) is 8.56. The summed E-state index contributed by atoms with van der Waals surface area (Å²) >= 11 is 1.47. The lowest BCUT2D eigenvalue weighted by Gasteiger charge is -2.31. The van der Waals surface area contributed by atoms with Crippen molar-refractivity contribution < 1.29 is 13.9 Å². The van der Waals surface area contributed by atoms with Gasteiger partial charge in [0.25, 0.3) is 0 Å². The Bertz CT molecular complexity index is 947. The van der Waals surface area contributed by atoms with Gasteiger partial charge in [0.05, 0.1) is 17.2 Å². The summed E-state index contributed by atoms with van der Waals surface area (Å²) in [5, 5.41) is 3.75. The maximum Gasteiger partial charge on any atom is 0.225 e. The minimum absolute atomic E-state index is 0.0358. The van der Waals surface area contributed by atoms with Crippen molar-refractivity contribution in [2.75, 3.05) is 31.1 Å². The van der Waals surface area contributed by atoms with E-state index in [1.807, 2.05) is 36.4 Å². The predicted octanol–water partition coefficient (Wildman–Crippen LogP) is 3.85. The Hall–Kier alpha value is -2.67. The first kappa shape index (κ1) is 18.7. The van der Waals surface area contributed by atoms with Crippen molar-refractivity contribution in [3.8, 4) is 5.75 Å². The highest BCUT2D eigenvalue weighted by molar-refractivity contribution is 7.22. The van der Waals surface area contributed by atoms with Gasteiger partial charge in [-0.25, -0.2) is 9.37 Å². The molecule has 5 nitrogen and oxygen atoms in total. The molecule has 2 aromatic carbocycles. The highest BCUT2D eigenvalue weighted by Gasteiger charge is 2.27. The molecule has 4 rings (SSSR count). The number of rotatable bonds is 6. The molecule has 1 aliphatic rings. The van der Waals surface area contributed by atoms with E-state index < -0.39 is 0 Å². The number of hydrogen-bond donors (Lipinski definition) is 1. The van der Waals surface area contributed by atoms with E-state index in [2.05, 4.69) is 15.2 Å². The third-order valence-corrected chi connectivity index (χ3v) is 5.92. The van der Waals surface area contributed by atoms with Crippen LogP contribution in [0.1, 0.15) is 12.8 Å². The lowest BCUT2D eigenvalue weighted by molar-refractivity contribution is -0.125. The second-order valence-electron chi connectivity index (χ2n) is 6.82. The maximum atomic E-state index is 13.9. The number of nitrogens with one attached hydrogen (secondary N) is 1. The van der Waals surface area contributed by atoms with Crippen LogP contribution in [0.4, 0.5) is 9.52 Å². The third-order valence-electron chi connectivity index (χ3n) is 4.83. The molecule has 0 bridgehead atoms. The summed E-state index contributed by atoms with van der Waals surface area (Å²) < 4.78 is 20.4. The number of piperidine rings is 1. The van der Waals surface area contributed by atoms with Gasteiger partial charge in [0, 0.05) is 13.1 Å². The lowest BCUT2D eigenvalue weighted by atomic mass is 9.97. The first-order valence-electron chi connectivity index (χ1n) is 9.46. The number of thiazole rings is 1. The number of carbonyl (C=O) groups is 1. The second-order valence-corrected chi connectivity index (χ2v) is 7.83. The summed E-state index contributed by atoms with van der Waals surface area (Å²) in [7, 11) is 0. The van der Waals surface area contributed by atoms with Crippen molar-refractivity contribution in [1.82, 2.24) is 10.3 Å². The number of aromatic nitrogens is 1. The summed E-state index contributed by atoms with van der Waals surface area (Å²) in [5.41, 5.74) is 0.409. The predicted molar refractivity (Wildman–Crippen MR) is 109 cm³/mol. The van der Waals surface area contributed by atoms with Gasteiger partial charge < -0.3 is 15.0 Å². The Morgan fingerprint density at radius 1 is 1.25 bits per heavy atom. The van der Waals surface area contributed by atoms with Crippen LogP contribution in [0.25, 0.3) is 10.2 Å². The summed E-state index contributed by atoms with van der Waals surface area (Å²) in [6.45, 7) is 2.34. The van der Waals surface area contributed by atoms with E-state index in [1.54, 1.807) is 6.07 Å². The molecule has 0 aliphatic carbocycles. The highest BCUT2D eigenvalue weighted by atomic mass is 32.1. The molecule has 7 heteroatoms. The molecule has 146 valence electrons. The molecule has 1 atom stereocenters. The molecule has 3 aromatic rings. The van der Waals surface area contributed by atoms with E-state index in [0.717, 1.165) is 35.0 Å². The molecule has 1 unspecified atom stereocenters. The van der Waals surface area contributed by atoms with Crippen molar-refractivity contribution in [3.63, 3.8) is 0 Å². The van der Waals surface area contributed by atoms with Gasteiger partial charge in [0.2, 0.25) is 5.91 Å². The number of hydrogen-bond acceptors (Lipinski definition) is 5. The van der Waals surface area contributed by atoms with E-state index in [0.29, 0.717) is 25.2 Å². The number of fused-ring (bicyclic) bond motifs is 1. The maximum absolute atomic E-state index is 13.9. The fourth-order valence-corrected chi connectivity index (χ4v) is 4.42. The molecule has 0 spiro atoms. The van der Waals surface area contributed by atoms with Crippen molar-refractivity contribution in [2.24, 2.45) is 5.92 Å². The molecule has 0 radical (unpaired) electrons. The van der Waals surface area contributed by atoms with Crippen LogP contribution in [0.3, 0.4) is 0 Å². The fraction of sp³-hybridized carbons (Fsp3) is 0.333. The number of halogens is 1. The minimum Gasteiger partial charge on any atom is -0.492 e. The van der Waals surface area contributed by atoms with Crippen LogP contribution in [0.5, 0.6) is 5.75 Å². The summed E-state index contributed by atoms with van der Waals surface area (Å²) in [6, 6.07) is 14.5. The quantitative estimate of drug-likeness (QED) is 0.640. The van der Waals surface area contributed by atoms with Crippen LogP contribution < -0.4 is 15.0 Å². The van der Waals surface area contributed by atoms with Gasteiger partial charge in [-0.15, -0.1) is 0 Å². The van der Waals surface area contributed by atoms with Gasteiger partial charge >= 0.3 is 0 Å². The zero-order valence-electron chi connectivity index (χ0n) is 15.4. The minimum atomic E-state index is -0.301. The van der Waals surface area contributed by atoms with Gasteiger partial charge in [-0.3, -0.25) is 4.79 Å². The normalized spacial score (nSPS) is 16.9. The van der Waals surface area contributed by atoms with E-state index in [4.69, 9.17) is 4.74 Å². The zero-order valence-corrected chi connectivity index (χ0v) is 16.3. The number of para-hydroxylation sites is 2. The number of nitrogens with zero attached hydrogens (tertiary/aromatic N) is 2. The Balaban J connectivity index is 1.31. The molecule has 1 fully saturated rings. The molecule has 1 saturated heterocycles. The highest BCUT2D eigenvalue weighted by Crippen LogP contribution is 2.32. The Morgan fingerprint density at radius 3 is 2.93 bits per heavy atom. The molecule has 28 heavy (non-hydrogen) atoms. The number of ether oxygens (including phenoxy) is 1. The van der Waals surface area contributed by atoms with E-state index in [9.17, 15) is 9.18 Å². The van der Waals surface area contributed by atoms with Crippen molar-refractivity contribution in [1.29, 1.82) is 0 Å². The molecular formula is C21H22FN3O2S. The van der Waals surface area contributed by atoms with Crippen LogP contribution in [-0.4, -0.2) is 37.1 Å². The van der Waals surface area contributed by atoms with Gasteiger partial charge in [-0.05, 0) is 37.1 Å². The van der Waals surface area contributed by atoms with Crippen molar-refractivity contribution in [3.05, 3.63) is 54.3 Å². The van der Waals surface area contributed by atoms with Gasteiger partial charge in [-0.2, -0.15) is 0 Å². The molecule has 2 heterocycles. The van der Waals surface area contributed by atoms with Gasteiger partial charge in [-0.1, -0.05) is 35.6 Å². The number of benzene rings is 2. The van der Waals surface area contributed by atoms with E-state index in [-0.39, 0.29) is 17.6 Å². The number of amides is 1. The fourth-order valence-electron chi connectivity index (χ4n) is 3.41. The Labute approximate surface area is 167 Å². The third kappa shape index (κ3) is 4.25. The number of carbonyl (C=O) groups excluding carboxylic acids is 1. The smallest absolute Gasteiger partial charge is 0.225 e. The average molecular weight is 399 g/mol. The molecular weight excluding hydrogens is 377 g/mol. The van der Waals surface area contributed by atoms with Crippen LogP contribution in [-0.2, 0) is 4.79 Å². The summed E-state index contributed by atoms with van der Waals surface area (Å²) in [4.78, 5) is 19.1. The van der Waals surface area contributed by atoms with Crippen LogP contribution in [0.2, 0.25) is 0 Å².